The second-order valence-corrected chi connectivity index (χ2v) is 10.7. The van der Waals surface area contributed by atoms with E-state index in [0.717, 1.165) is 19.3 Å². The Balaban J connectivity index is 1.57. The first-order chi connectivity index (χ1) is 14.5. The van der Waals surface area contributed by atoms with E-state index in [-0.39, 0.29) is 5.82 Å². The van der Waals surface area contributed by atoms with Crippen molar-refractivity contribution in [2.75, 3.05) is 5.75 Å². The second kappa shape index (κ2) is 14.2. The van der Waals surface area contributed by atoms with Gasteiger partial charge in [-0.1, -0.05) is 109 Å². The van der Waals surface area contributed by atoms with E-state index in [1.807, 2.05) is 0 Å². The second-order valence-electron chi connectivity index (χ2n) is 8.15. The summed E-state index contributed by atoms with van der Waals surface area (Å²) in [4.78, 5) is 0. The molecule has 0 amide bonds. The van der Waals surface area contributed by atoms with Gasteiger partial charge in [-0.25, -0.2) is 0 Å². The van der Waals surface area contributed by atoms with Gasteiger partial charge in [0.05, 0.1) is 0 Å². The van der Waals surface area contributed by atoms with E-state index in [1.54, 1.807) is 6.21 Å². The van der Waals surface area contributed by atoms with Crippen LogP contribution in [-0.4, -0.2) is 39.8 Å². The van der Waals surface area contributed by atoms with Crippen molar-refractivity contribution in [3.63, 3.8) is 0 Å². The van der Waals surface area contributed by atoms with Crippen LogP contribution < -0.4 is 0 Å². The highest BCUT2D eigenvalue weighted by atomic mass is 32.2. The van der Waals surface area contributed by atoms with Crippen molar-refractivity contribution in [1.29, 1.82) is 0 Å². The Kier molecular flexibility index (Phi) is 12.0. The first kappa shape index (κ1) is 25.3. The fourth-order valence-electron chi connectivity index (χ4n) is 3.84. The Hall–Kier alpha value is -0.930. The number of thioether (sulfide) groups is 1. The molecule has 0 radical (unpaired) electrons. The lowest BCUT2D eigenvalue weighted by Gasteiger charge is -2.14. The molecule has 2 heterocycles. The molecule has 0 fully saturated rings. The predicted octanol–water partition coefficient (Wildman–Crippen LogP) is 6.02. The summed E-state index contributed by atoms with van der Waals surface area (Å²) < 4.78 is 34.9. The Morgan fingerprint density at radius 2 is 1.47 bits per heavy atom. The van der Waals surface area contributed by atoms with Gasteiger partial charge >= 0.3 is 0 Å². The van der Waals surface area contributed by atoms with E-state index in [0.29, 0.717) is 17.3 Å². The van der Waals surface area contributed by atoms with Crippen molar-refractivity contribution in [3.8, 4) is 0 Å². The van der Waals surface area contributed by atoms with Gasteiger partial charge in [0.25, 0.3) is 10.1 Å². The third kappa shape index (κ3) is 9.06. The number of rotatable bonds is 17. The Bertz CT molecular complexity index is 735. The van der Waals surface area contributed by atoms with Crippen molar-refractivity contribution in [2.45, 2.75) is 114 Å². The molecule has 0 saturated carbocycles. The summed E-state index contributed by atoms with van der Waals surface area (Å²) in [6, 6.07) is 0. The minimum Gasteiger partial charge on any atom is -0.285 e. The van der Waals surface area contributed by atoms with Crippen molar-refractivity contribution in [2.24, 2.45) is 5.10 Å². The van der Waals surface area contributed by atoms with Gasteiger partial charge in [0.2, 0.25) is 5.16 Å². The van der Waals surface area contributed by atoms with Gasteiger partial charge in [-0.2, -0.15) is 18.2 Å². The van der Waals surface area contributed by atoms with Gasteiger partial charge < -0.3 is 0 Å². The van der Waals surface area contributed by atoms with Gasteiger partial charge in [0.1, 0.15) is 5.25 Å². The largest absolute Gasteiger partial charge is 0.285 e. The average Bonchev–Trinajstić information content (AvgIpc) is 3.14. The lowest BCUT2D eigenvalue weighted by Crippen LogP contribution is -2.17. The maximum Gasteiger partial charge on any atom is 0.275 e. The lowest BCUT2D eigenvalue weighted by molar-refractivity contribution is 0.450. The van der Waals surface area contributed by atoms with Crippen molar-refractivity contribution in [1.82, 2.24) is 14.9 Å². The van der Waals surface area contributed by atoms with Crippen LogP contribution >= 0.6 is 11.8 Å². The number of aromatic nitrogens is 3. The van der Waals surface area contributed by atoms with E-state index in [1.165, 1.54) is 87.1 Å². The molecule has 1 aliphatic heterocycles. The van der Waals surface area contributed by atoms with Crippen LogP contribution in [0.1, 0.15) is 114 Å². The summed E-state index contributed by atoms with van der Waals surface area (Å²) in [6.07, 6.45) is 19.5. The topological polar surface area (TPSA) is 97.4 Å². The van der Waals surface area contributed by atoms with Crippen LogP contribution in [0, 0.1) is 0 Å². The molecule has 2 rings (SSSR count). The molecule has 0 bridgehead atoms. The van der Waals surface area contributed by atoms with Gasteiger partial charge in [-0.3, -0.25) is 4.55 Å². The molecular formula is C21H38N4O3S2. The highest BCUT2D eigenvalue weighted by molar-refractivity contribution is 7.99. The summed E-state index contributed by atoms with van der Waals surface area (Å²) >= 11 is 1.45. The normalized spacial score (nSPS) is 14.7. The predicted molar refractivity (Wildman–Crippen MR) is 124 cm³/mol. The zero-order chi connectivity index (χ0) is 21.7. The molecule has 9 heteroatoms. The van der Waals surface area contributed by atoms with Crippen LogP contribution in [0.25, 0.3) is 0 Å². The molecule has 0 saturated heterocycles. The number of nitrogens with zero attached hydrogens (tertiary/aromatic N) is 4. The molecular weight excluding hydrogens is 420 g/mol. The van der Waals surface area contributed by atoms with Gasteiger partial charge in [0.15, 0.2) is 5.82 Å². The number of fused-ring (bicyclic) bond motifs is 1. The zero-order valence-electron chi connectivity index (χ0n) is 18.3. The maximum atomic E-state index is 11.9. The van der Waals surface area contributed by atoms with Crippen LogP contribution in [0.2, 0.25) is 0 Å². The van der Waals surface area contributed by atoms with Crippen LogP contribution in [0.4, 0.5) is 0 Å². The first-order valence-electron chi connectivity index (χ1n) is 11.6. The summed E-state index contributed by atoms with van der Waals surface area (Å²) in [5.41, 5.74) is 0. The fourth-order valence-corrected chi connectivity index (χ4v) is 5.37. The quantitative estimate of drug-likeness (QED) is 0.226. The summed E-state index contributed by atoms with van der Waals surface area (Å²) in [7, 11) is -4.25. The van der Waals surface area contributed by atoms with Gasteiger partial charge in [-0.05, 0) is 6.42 Å². The zero-order valence-corrected chi connectivity index (χ0v) is 20.0. The van der Waals surface area contributed by atoms with Crippen molar-refractivity contribution >= 4 is 28.1 Å². The van der Waals surface area contributed by atoms with Gasteiger partial charge in [0, 0.05) is 12.0 Å². The summed E-state index contributed by atoms with van der Waals surface area (Å²) in [5, 5.41) is 11.7. The molecule has 1 unspecified atom stereocenters. The standard InChI is InChI=1S/C21H38N4O3S2/c1-2-3-4-5-6-7-8-9-10-11-12-13-14-15-16-19(30(26,27)28)20-23-24-21-25(20)22-17-18-29-21/h17,19H,2-16,18H2,1H3,(H,26,27,28). The molecule has 0 spiro atoms. The molecule has 0 aliphatic carbocycles. The van der Waals surface area contributed by atoms with Crippen molar-refractivity contribution in [3.05, 3.63) is 5.82 Å². The molecule has 0 aromatic carbocycles. The number of hydrogen-bond acceptors (Lipinski definition) is 6. The molecule has 7 nitrogen and oxygen atoms in total. The van der Waals surface area contributed by atoms with Crippen LogP contribution in [0.5, 0.6) is 0 Å². The monoisotopic (exact) mass is 458 g/mol. The van der Waals surface area contributed by atoms with E-state index in [4.69, 9.17) is 0 Å². The van der Waals surface area contributed by atoms with Gasteiger partial charge in [-0.15, -0.1) is 10.2 Å². The van der Waals surface area contributed by atoms with Crippen LogP contribution in [-0.2, 0) is 10.1 Å². The van der Waals surface area contributed by atoms with E-state index >= 15 is 0 Å². The summed E-state index contributed by atoms with van der Waals surface area (Å²) in [6.45, 7) is 2.25. The molecule has 1 N–H and O–H groups in total. The molecule has 1 atom stereocenters. The Morgan fingerprint density at radius 3 is 2.00 bits per heavy atom. The minimum absolute atomic E-state index is 0.214. The van der Waals surface area contributed by atoms with Crippen molar-refractivity contribution < 1.29 is 13.0 Å². The molecule has 172 valence electrons. The maximum absolute atomic E-state index is 11.9. The lowest BCUT2D eigenvalue weighted by atomic mass is 10.0. The molecule has 1 aromatic rings. The smallest absolute Gasteiger partial charge is 0.275 e. The molecule has 30 heavy (non-hydrogen) atoms. The van der Waals surface area contributed by atoms with E-state index in [2.05, 4.69) is 22.2 Å². The first-order valence-corrected chi connectivity index (χ1v) is 14.1. The average molecular weight is 459 g/mol. The van der Waals surface area contributed by atoms with Crippen LogP contribution in [0.15, 0.2) is 10.3 Å². The number of hydrogen-bond donors (Lipinski definition) is 1. The molecule has 1 aromatic heterocycles. The highest BCUT2D eigenvalue weighted by Gasteiger charge is 2.32. The van der Waals surface area contributed by atoms with Crippen LogP contribution in [0.3, 0.4) is 0 Å². The fraction of sp³-hybridized carbons (Fsp3) is 0.857. The summed E-state index contributed by atoms with van der Waals surface area (Å²) in [5.74, 6) is 0.902. The molecule has 1 aliphatic rings. The van der Waals surface area contributed by atoms with E-state index < -0.39 is 15.4 Å². The minimum atomic E-state index is -4.25. The third-order valence-corrected chi connectivity index (χ3v) is 7.58. The third-order valence-electron chi connectivity index (χ3n) is 5.59. The van der Waals surface area contributed by atoms with E-state index in [9.17, 15) is 13.0 Å². The Labute approximate surface area is 186 Å². The number of unbranched alkanes of at least 4 members (excludes halogenated alkanes) is 13. The highest BCUT2D eigenvalue weighted by Crippen LogP contribution is 2.30. The Morgan fingerprint density at radius 1 is 0.933 bits per heavy atom. The SMILES string of the molecule is CCCCCCCCCCCCCCCCC(c1nnc2n1N=CCS2)S(=O)(=O)O.